The molecule has 0 bridgehead atoms. The van der Waals surface area contributed by atoms with E-state index in [9.17, 15) is 22.4 Å². The van der Waals surface area contributed by atoms with Crippen molar-refractivity contribution in [3.8, 4) is 5.75 Å². The number of nitrogens with zero attached hydrogens (tertiary/aromatic N) is 1. The first-order valence-electron chi connectivity index (χ1n) is 10.5. The number of benzene rings is 2. The van der Waals surface area contributed by atoms with Crippen LogP contribution in [0.3, 0.4) is 0 Å². The lowest BCUT2D eigenvalue weighted by atomic mass is 10.1. The maximum Gasteiger partial charge on any atom is 0.433 e. The molecule has 0 unspecified atom stereocenters. The van der Waals surface area contributed by atoms with Crippen LogP contribution in [-0.2, 0) is 6.18 Å². The summed E-state index contributed by atoms with van der Waals surface area (Å²) >= 11 is 0. The summed E-state index contributed by atoms with van der Waals surface area (Å²) in [6.45, 7) is 0. The summed E-state index contributed by atoms with van der Waals surface area (Å²) in [6.07, 6.45) is -3.06. The van der Waals surface area contributed by atoms with Crippen LogP contribution in [0.5, 0.6) is 5.75 Å². The Labute approximate surface area is 189 Å². The molecule has 0 saturated carbocycles. The minimum absolute atomic E-state index is 0.0462. The minimum atomic E-state index is -4.64. The molecule has 4 rings (SSSR count). The Bertz CT molecular complexity index is 1150. The van der Waals surface area contributed by atoms with E-state index >= 15 is 0 Å². The molecule has 1 saturated heterocycles. The number of amides is 1. The number of ether oxygens (including phenoxy) is 1. The number of carbonyl (C=O) groups excluding carboxylic acids is 1. The molecule has 1 atom stereocenters. The van der Waals surface area contributed by atoms with Gasteiger partial charge in [0, 0.05) is 17.3 Å². The molecule has 1 aromatic heterocycles. The van der Waals surface area contributed by atoms with Gasteiger partial charge in [0.2, 0.25) is 0 Å². The van der Waals surface area contributed by atoms with Crippen molar-refractivity contribution in [3.63, 3.8) is 0 Å². The van der Waals surface area contributed by atoms with Gasteiger partial charge in [-0.15, -0.1) is 0 Å². The highest BCUT2D eigenvalue weighted by Gasteiger charge is 2.34. The highest BCUT2D eigenvalue weighted by molar-refractivity contribution is 6.63. The third-order valence-electron chi connectivity index (χ3n) is 5.60. The number of aromatic nitrogens is 1. The van der Waals surface area contributed by atoms with Gasteiger partial charge in [-0.25, -0.2) is 9.37 Å². The van der Waals surface area contributed by atoms with Crippen molar-refractivity contribution >= 4 is 31.5 Å². The Morgan fingerprint density at radius 3 is 2.64 bits per heavy atom. The van der Waals surface area contributed by atoms with Crippen LogP contribution in [0.1, 0.15) is 28.9 Å². The van der Waals surface area contributed by atoms with Gasteiger partial charge in [-0.1, -0.05) is 12.5 Å². The number of nitrogens with one attached hydrogen (secondary N) is 2. The fourth-order valence-corrected chi connectivity index (χ4v) is 6.53. The molecule has 173 valence electrons. The molecule has 1 fully saturated rings. The van der Waals surface area contributed by atoms with E-state index in [2.05, 4.69) is 15.3 Å². The number of hydrogen-bond donors (Lipinski definition) is 2. The van der Waals surface area contributed by atoms with Gasteiger partial charge < -0.3 is 15.0 Å². The zero-order valence-corrected chi connectivity index (χ0v) is 18.8. The van der Waals surface area contributed by atoms with E-state index in [1.54, 1.807) is 31.4 Å². The van der Waals surface area contributed by atoms with Crippen LogP contribution in [0, 0.1) is 5.82 Å². The van der Waals surface area contributed by atoms with Gasteiger partial charge >= 0.3 is 6.18 Å². The first-order chi connectivity index (χ1) is 15.7. The summed E-state index contributed by atoms with van der Waals surface area (Å²) in [4.78, 5) is 19.4. The molecule has 1 aliphatic heterocycles. The average molecular weight is 477 g/mol. The topological polar surface area (TPSA) is 63.2 Å². The van der Waals surface area contributed by atoms with Gasteiger partial charge in [-0.3, -0.25) is 4.79 Å². The monoisotopic (exact) mass is 476 g/mol. The van der Waals surface area contributed by atoms with Gasteiger partial charge in [0.15, 0.2) is 8.96 Å². The number of methoxy groups -OCH3 is 1. The van der Waals surface area contributed by atoms with Crippen LogP contribution >= 0.6 is 0 Å². The lowest BCUT2D eigenvalue weighted by Crippen LogP contribution is -2.43. The fourth-order valence-electron chi connectivity index (χ4n) is 3.99. The number of halogens is 4. The molecule has 5 nitrogen and oxygen atoms in total. The molecule has 1 aliphatic rings. The first-order valence-corrected chi connectivity index (χ1v) is 12.4. The van der Waals surface area contributed by atoms with Gasteiger partial charge in [-0.05, 0) is 61.0 Å². The Kier molecular flexibility index (Phi) is 6.55. The standard InChI is InChI=1S/C23H22F4N3O2Si/c1-32-16-9-7-14(8-10-16)22(31)28-15-4-3-11-33(13-15)30-19-12-20(23(25,26)27)29-18-6-2-5-17(24)21(18)19/h2,5-10,12,15H,3-4,11,13H2,1H3,(H,28,31)(H,29,30)/t15-/m1/s1. The van der Waals surface area contributed by atoms with Crippen molar-refractivity contribution in [2.75, 3.05) is 12.1 Å². The van der Waals surface area contributed by atoms with E-state index in [1.807, 2.05) is 0 Å². The molecule has 1 radical (unpaired) electrons. The van der Waals surface area contributed by atoms with Gasteiger partial charge in [0.05, 0.1) is 18.0 Å². The van der Waals surface area contributed by atoms with Crippen LogP contribution < -0.4 is 15.0 Å². The third-order valence-corrected chi connectivity index (χ3v) is 8.16. The number of anilines is 1. The number of fused-ring (bicyclic) bond motifs is 1. The van der Waals surface area contributed by atoms with Crippen molar-refractivity contribution in [2.45, 2.75) is 37.1 Å². The second-order valence-corrected chi connectivity index (χ2v) is 10.3. The predicted octanol–water partition coefficient (Wildman–Crippen LogP) is 5.40. The largest absolute Gasteiger partial charge is 0.497 e. The van der Waals surface area contributed by atoms with E-state index in [1.165, 1.54) is 18.2 Å². The molecule has 0 spiro atoms. The quantitative estimate of drug-likeness (QED) is 0.383. The second kappa shape index (κ2) is 9.38. The maximum atomic E-state index is 14.5. The number of carbonyl (C=O) groups is 1. The van der Waals surface area contributed by atoms with Crippen LogP contribution in [0.25, 0.3) is 10.9 Å². The lowest BCUT2D eigenvalue weighted by Gasteiger charge is -2.30. The summed E-state index contributed by atoms with van der Waals surface area (Å²) < 4.78 is 59.7. The Morgan fingerprint density at radius 1 is 1.18 bits per heavy atom. The zero-order chi connectivity index (χ0) is 23.6. The van der Waals surface area contributed by atoms with E-state index in [0.29, 0.717) is 17.4 Å². The normalized spacial score (nSPS) is 17.1. The van der Waals surface area contributed by atoms with Crippen molar-refractivity contribution < 1.29 is 27.1 Å². The minimum Gasteiger partial charge on any atom is -0.497 e. The molecule has 1 amide bonds. The molecular weight excluding hydrogens is 454 g/mol. The summed E-state index contributed by atoms with van der Waals surface area (Å²) in [6, 6.07) is 12.8. The Balaban J connectivity index is 1.51. The molecular formula is C23H22F4N3O2Si. The molecule has 0 aliphatic carbocycles. The molecule has 2 N–H and O–H groups in total. The summed E-state index contributed by atoms with van der Waals surface area (Å²) in [5.74, 6) is -0.196. The maximum absolute atomic E-state index is 14.5. The highest BCUT2D eigenvalue weighted by Crippen LogP contribution is 2.35. The summed E-state index contributed by atoms with van der Waals surface area (Å²) in [5.41, 5.74) is -0.512. The first kappa shape index (κ1) is 23.0. The fraction of sp³-hybridized carbons (Fsp3) is 0.304. The van der Waals surface area contributed by atoms with Crippen LogP contribution in [0.4, 0.5) is 23.2 Å². The van der Waals surface area contributed by atoms with Gasteiger partial charge in [-0.2, -0.15) is 13.2 Å². The second-order valence-electron chi connectivity index (χ2n) is 7.91. The molecule has 33 heavy (non-hydrogen) atoms. The van der Waals surface area contributed by atoms with Crippen LogP contribution in [0.2, 0.25) is 12.1 Å². The van der Waals surface area contributed by atoms with Crippen LogP contribution in [-0.4, -0.2) is 33.0 Å². The van der Waals surface area contributed by atoms with E-state index in [4.69, 9.17) is 4.74 Å². The van der Waals surface area contributed by atoms with Crippen molar-refractivity contribution in [3.05, 3.63) is 65.6 Å². The van der Waals surface area contributed by atoms with E-state index in [0.717, 1.165) is 25.0 Å². The highest BCUT2D eigenvalue weighted by atomic mass is 28.3. The Morgan fingerprint density at radius 2 is 1.94 bits per heavy atom. The van der Waals surface area contributed by atoms with Crippen LogP contribution in [0.15, 0.2) is 48.5 Å². The molecule has 3 aromatic rings. The number of alkyl halides is 3. The number of hydrogen-bond acceptors (Lipinski definition) is 4. The van der Waals surface area contributed by atoms with Gasteiger partial charge in [0.1, 0.15) is 17.3 Å². The van der Waals surface area contributed by atoms with Crippen molar-refractivity contribution in [1.29, 1.82) is 0 Å². The van der Waals surface area contributed by atoms with Gasteiger partial charge in [0.25, 0.3) is 5.91 Å². The molecule has 2 aromatic carbocycles. The Hall–Kier alpha value is -3.14. The predicted molar refractivity (Wildman–Crippen MR) is 119 cm³/mol. The van der Waals surface area contributed by atoms with Crippen molar-refractivity contribution in [1.82, 2.24) is 10.3 Å². The zero-order valence-electron chi connectivity index (χ0n) is 17.8. The molecule has 2 heterocycles. The third kappa shape index (κ3) is 5.27. The van der Waals surface area contributed by atoms with E-state index in [-0.39, 0.29) is 28.5 Å². The number of pyridine rings is 1. The smallest absolute Gasteiger partial charge is 0.433 e. The summed E-state index contributed by atoms with van der Waals surface area (Å²) in [5, 5.41) is 3.06. The van der Waals surface area contributed by atoms with Crippen molar-refractivity contribution in [2.24, 2.45) is 0 Å². The SMILES string of the molecule is COc1ccc(C(=O)N[C@@H]2CCC[Si](Nc3cc(C(F)(F)F)nc4cccc(F)c34)C2)cc1. The number of rotatable bonds is 5. The average Bonchev–Trinajstić information content (AvgIpc) is 2.78. The van der Waals surface area contributed by atoms with E-state index < -0.39 is 26.6 Å². The lowest BCUT2D eigenvalue weighted by molar-refractivity contribution is -0.140. The summed E-state index contributed by atoms with van der Waals surface area (Å²) in [7, 11) is 0.144. The molecule has 10 heteroatoms.